The maximum atomic E-state index is 11.8. The van der Waals surface area contributed by atoms with Gasteiger partial charge in [0.1, 0.15) is 12.1 Å². The standard InChI is InChI=1S/C12H26NO8P/c1-3-4-5-6-19-8-10(7-14)21-22(17,18)20-9(2)11(13)12(15)16/h9-11,14H,3-8,13H2,1-2H3,(H,15,16)(H,17,18)/t9-,10+,11+/m1/s1. The summed E-state index contributed by atoms with van der Waals surface area (Å²) in [6.07, 6.45) is 0.581. The largest absolute Gasteiger partial charge is 0.480 e. The zero-order valence-electron chi connectivity index (χ0n) is 12.9. The molecule has 0 aromatic carbocycles. The first kappa shape index (κ1) is 21.5. The van der Waals surface area contributed by atoms with Crippen molar-refractivity contribution in [2.24, 2.45) is 5.73 Å². The number of phosphoric ester groups is 1. The number of hydrogen-bond donors (Lipinski definition) is 4. The van der Waals surface area contributed by atoms with Crippen molar-refractivity contribution >= 4 is 13.8 Å². The summed E-state index contributed by atoms with van der Waals surface area (Å²) in [5.74, 6) is -1.37. The zero-order valence-corrected chi connectivity index (χ0v) is 13.8. The van der Waals surface area contributed by atoms with E-state index in [1.807, 2.05) is 6.92 Å². The first-order valence-corrected chi connectivity index (χ1v) is 8.59. The van der Waals surface area contributed by atoms with Gasteiger partial charge in [0.25, 0.3) is 0 Å². The van der Waals surface area contributed by atoms with Crippen LogP contribution in [0.1, 0.15) is 33.1 Å². The van der Waals surface area contributed by atoms with Gasteiger partial charge in [0.2, 0.25) is 0 Å². The normalized spacial score (nSPS) is 18.4. The Morgan fingerprint density at radius 1 is 1.32 bits per heavy atom. The number of carboxylic acids is 1. The monoisotopic (exact) mass is 343 g/mol. The lowest BCUT2D eigenvalue weighted by molar-refractivity contribution is -0.140. The third kappa shape index (κ3) is 9.47. The van der Waals surface area contributed by atoms with E-state index in [1.54, 1.807) is 0 Å². The van der Waals surface area contributed by atoms with Gasteiger partial charge in [0.15, 0.2) is 0 Å². The summed E-state index contributed by atoms with van der Waals surface area (Å²) < 4.78 is 26.4. The molecule has 0 aromatic heterocycles. The molecule has 0 saturated heterocycles. The van der Waals surface area contributed by atoms with Crippen LogP contribution in [0.3, 0.4) is 0 Å². The first-order valence-electron chi connectivity index (χ1n) is 7.10. The Labute approximate surface area is 130 Å². The van der Waals surface area contributed by atoms with Crippen LogP contribution >= 0.6 is 7.82 Å². The molecule has 0 aliphatic rings. The first-order chi connectivity index (χ1) is 10.2. The molecule has 10 heteroatoms. The van der Waals surface area contributed by atoms with Crippen molar-refractivity contribution < 1.29 is 38.3 Å². The molecule has 0 aliphatic carbocycles. The quantitative estimate of drug-likeness (QED) is 0.277. The number of ether oxygens (including phenoxy) is 1. The molecule has 0 radical (unpaired) electrons. The van der Waals surface area contributed by atoms with Crippen molar-refractivity contribution in [3.05, 3.63) is 0 Å². The molecule has 5 N–H and O–H groups in total. The third-order valence-electron chi connectivity index (χ3n) is 2.77. The van der Waals surface area contributed by atoms with Crippen molar-refractivity contribution in [1.29, 1.82) is 0 Å². The molecule has 0 saturated carbocycles. The lowest BCUT2D eigenvalue weighted by atomic mass is 10.2. The van der Waals surface area contributed by atoms with Gasteiger partial charge in [-0.2, -0.15) is 0 Å². The van der Waals surface area contributed by atoms with Crippen molar-refractivity contribution in [3.8, 4) is 0 Å². The second-order valence-electron chi connectivity index (χ2n) is 4.84. The van der Waals surface area contributed by atoms with Gasteiger partial charge in [0, 0.05) is 6.61 Å². The van der Waals surface area contributed by atoms with Gasteiger partial charge in [-0.25, -0.2) is 4.57 Å². The van der Waals surface area contributed by atoms with Crippen LogP contribution in [-0.2, 0) is 23.1 Å². The van der Waals surface area contributed by atoms with E-state index in [0.29, 0.717) is 6.61 Å². The van der Waals surface area contributed by atoms with Crippen LogP contribution in [0.25, 0.3) is 0 Å². The van der Waals surface area contributed by atoms with Gasteiger partial charge < -0.3 is 25.6 Å². The van der Waals surface area contributed by atoms with E-state index >= 15 is 0 Å². The van der Waals surface area contributed by atoms with Crippen LogP contribution in [0.15, 0.2) is 0 Å². The third-order valence-corrected chi connectivity index (χ3v) is 3.94. The number of carbonyl (C=O) groups is 1. The molecule has 4 atom stereocenters. The molecule has 0 fully saturated rings. The average molecular weight is 343 g/mol. The number of rotatable bonds is 13. The molecule has 0 spiro atoms. The van der Waals surface area contributed by atoms with E-state index in [1.165, 1.54) is 6.92 Å². The van der Waals surface area contributed by atoms with E-state index in [9.17, 15) is 14.3 Å². The van der Waals surface area contributed by atoms with Gasteiger partial charge in [-0.15, -0.1) is 0 Å². The smallest absolute Gasteiger partial charge is 0.472 e. The van der Waals surface area contributed by atoms with E-state index in [2.05, 4.69) is 4.52 Å². The Bertz CT molecular complexity index is 367. The van der Waals surface area contributed by atoms with Gasteiger partial charge in [0.05, 0.1) is 19.3 Å². The SMILES string of the molecule is CCCCCOC[C@H](CO)OP(=O)(O)O[C@H](C)[C@H](N)C(=O)O. The van der Waals surface area contributed by atoms with Crippen LogP contribution < -0.4 is 5.73 Å². The summed E-state index contributed by atoms with van der Waals surface area (Å²) in [5.41, 5.74) is 5.27. The second-order valence-corrected chi connectivity index (χ2v) is 6.19. The van der Waals surface area contributed by atoms with Crippen LogP contribution in [0.5, 0.6) is 0 Å². The number of nitrogens with two attached hydrogens (primary N) is 1. The van der Waals surface area contributed by atoms with E-state index in [0.717, 1.165) is 19.3 Å². The Kier molecular flexibility index (Phi) is 10.8. The lowest BCUT2D eigenvalue weighted by Gasteiger charge is -2.23. The summed E-state index contributed by atoms with van der Waals surface area (Å²) in [6, 6.07) is -1.47. The maximum absolute atomic E-state index is 11.8. The molecule has 22 heavy (non-hydrogen) atoms. The zero-order chi connectivity index (χ0) is 17.2. The molecule has 0 heterocycles. The molecule has 0 rings (SSSR count). The van der Waals surface area contributed by atoms with Crippen molar-refractivity contribution in [2.45, 2.75) is 51.4 Å². The molecule has 0 aliphatic heterocycles. The summed E-state index contributed by atoms with van der Waals surface area (Å²) >= 11 is 0. The summed E-state index contributed by atoms with van der Waals surface area (Å²) in [5, 5.41) is 17.8. The molecule has 0 bridgehead atoms. The Hall–Kier alpha value is -0.540. The van der Waals surface area contributed by atoms with Gasteiger partial charge in [-0.05, 0) is 13.3 Å². The highest BCUT2D eigenvalue weighted by molar-refractivity contribution is 7.47. The lowest BCUT2D eigenvalue weighted by Crippen LogP contribution is -2.41. The van der Waals surface area contributed by atoms with E-state index in [-0.39, 0.29) is 6.61 Å². The fraction of sp³-hybridized carbons (Fsp3) is 0.917. The number of hydrogen-bond acceptors (Lipinski definition) is 7. The van der Waals surface area contributed by atoms with E-state index < -0.39 is 38.6 Å². The highest BCUT2D eigenvalue weighted by atomic mass is 31.2. The molecular formula is C12H26NO8P. The fourth-order valence-corrected chi connectivity index (χ4v) is 2.58. The number of carboxylic acid groups (broad SMARTS) is 1. The molecule has 0 amide bonds. The van der Waals surface area contributed by atoms with Crippen molar-refractivity contribution in [1.82, 2.24) is 0 Å². The van der Waals surface area contributed by atoms with Gasteiger partial charge >= 0.3 is 13.8 Å². The molecule has 1 unspecified atom stereocenters. The highest BCUT2D eigenvalue weighted by Crippen LogP contribution is 2.46. The van der Waals surface area contributed by atoms with Gasteiger partial charge in [-0.3, -0.25) is 13.8 Å². The highest BCUT2D eigenvalue weighted by Gasteiger charge is 2.33. The van der Waals surface area contributed by atoms with Crippen LogP contribution in [0.4, 0.5) is 0 Å². The number of unbranched alkanes of at least 4 members (excludes halogenated alkanes) is 2. The predicted molar refractivity (Wildman–Crippen MR) is 78.3 cm³/mol. The molecule has 0 aromatic rings. The molecule has 132 valence electrons. The summed E-state index contributed by atoms with van der Waals surface area (Å²) in [6.45, 7) is 3.11. The average Bonchev–Trinajstić information content (AvgIpc) is 2.44. The van der Waals surface area contributed by atoms with Gasteiger partial charge in [-0.1, -0.05) is 19.8 Å². The minimum atomic E-state index is -4.56. The van der Waals surface area contributed by atoms with E-state index in [4.69, 9.17) is 25.2 Å². The second kappa shape index (κ2) is 11.1. The number of aliphatic hydroxyl groups excluding tert-OH is 1. The minimum Gasteiger partial charge on any atom is -0.480 e. The number of aliphatic carboxylic acids is 1. The summed E-state index contributed by atoms with van der Waals surface area (Å²) in [7, 11) is -4.56. The van der Waals surface area contributed by atoms with Crippen molar-refractivity contribution in [3.63, 3.8) is 0 Å². The minimum absolute atomic E-state index is 0.0759. The van der Waals surface area contributed by atoms with Crippen molar-refractivity contribution in [2.75, 3.05) is 19.8 Å². The Morgan fingerprint density at radius 3 is 2.45 bits per heavy atom. The molecule has 9 nitrogen and oxygen atoms in total. The fourth-order valence-electron chi connectivity index (χ4n) is 1.48. The van der Waals surface area contributed by atoms with Crippen LogP contribution in [0, 0.1) is 0 Å². The van der Waals surface area contributed by atoms with Crippen LogP contribution in [0.2, 0.25) is 0 Å². The topological polar surface area (TPSA) is 149 Å². The summed E-state index contributed by atoms with van der Waals surface area (Å²) in [4.78, 5) is 20.2. The maximum Gasteiger partial charge on any atom is 0.472 e. The van der Waals surface area contributed by atoms with Crippen LogP contribution in [-0.4, -0.2) is 59.1 Å². The Morgan fingerprint density at radius 2 is 1.95 bits per heavy atom. The number of aliphatic hydroxyl groups is 1. The predicted octanol–water partition coefficient (Wildman–Crippen LogP) is 0.488. The Balaban J connectivity index is 4.28. The number of phosphoric acid groups is 1. The molecular weight excluding hydrogens is 317 g/mol.